The molecule has 6 heteroatoms. The smallest absolute Gasteiger partial charge is 0.325 e. The van der Waals surface area contributed by atoms with E-state index in [0.717, 1.165) is 23.1 Å². The number of nitrogens with one attached hydrogen (secondary N) is 2. The molecule has 0 aliphatic heterocycles. The van der Waals surface area contributed by atoms with Crippen molar-refractivity contribution < 1.29 is 19.1 Å². The van der Waals surface area contributed by atoms with E-state index in [2.05, 4.69) is 10.6 Å². The molecular weight excluding hydrogens is 344 g/mol. The van der Waals surface area contributed by atoms with Crippen LogP contribution in [0.3, 0.4) is 0 Å². The van der Waals surface area contributed by atoms with Gasteiger partial charge in [0.1, 0.15) is 6.54 Å². The third-order valence-electron chi connectivity index (χ3n) is 3.86. The maximum Gasteiger partial charge on any atom is 0.325 e. The first-order valence-corrected chi connectivity index (χ1v) is 8.78. The van der Waals surface area contributed by atoms with Gasteiger partial charge in [0.05, 0.1) is 0 Å². The van der Waals surface area contributed by atoms with Gasteiger partial charge in [-0.15, -0.1) is 0 Å². The third-order valence-corrected chi connectivity index (χ3v) is 3.86. The van der Waals surface area contributed by atoms with Crippen molar-refractivity contribution in [3.63, 3.8) is 0 Å². The molecular formula is C21H24N2O4. The summed E-state index contributed by atoms with van der Waals surface area (Å²) < 4.78 is 4.90. The fourth-order valence-electron chi connectivity index (χ4n) is 2.62. The summed E-state index contributed by atoms with van der Waals surface area (Å²) in [6.07, 6.45) is 0.860. The number of ether oxygens (including phenoxy) is 1. The summed E-state index contributed by atoms with van der Waals surface area (Å²) in [5.74, 6) is -1.47. The van der Waals surface area contributed by atoms with Gasteiger partial charge >= 0.3 is 5.97 Å². The molecule has 2 amide bonds. The summed E-state index contributed by atoms with van der Waals surface area (Å²) in [7, 11) is 0. The van der Waals surface area contributed by atoms with Crippen molar-refractivity contribution in [2.24, 2.45) is 0 Å². The number of esters is 1. The average Bonchev–Trinajstić information content (AvgIpc) is 2.63. The van der Waals surface area contributed by atoms with E-state index < -0.39 is 18.5 Å². The molecule has 0 fully saturated rings. The van der Waals surface area contributed by atoms with E-state index >= 15 is 0 Å². The highest BCUT2D eigenvalue weighted by atomic mass is 16.5. The highest BCUT2D eigenvalue weighted by Crippen LogP contribution is 2.11. The lowest BCUT2D eigenvalue weighted by molar-refractivity contribution is -0.146. The van der Waals surface area contributed by atoms with Crippen LogP contribution in [-0.4, -0.2) is 30.9 Å². The van der Waals surface area contributed by atoms with E-state index in [1.54, 1.807) is 18.2 Å². The van der Waals surface area contributed by atoms with Crippen LogP contribution < -0.4 is 10.6 Å². The summed E-state index contributed by atoms with van der Waals surface area (Å²) in [5.41, 5.74) is 4.16. The molecule has 27 heavy (non-hydrogen) atoms. The predicted octanol–water partition coefficient (Wildman–Crippen LogP) is 2.78. The number of amides is 2. The fourth-order valence-corrected chi connectivity index (χ4v) is 2.62. The molecule has 0 aliphatic rings. The number of anilines is 1. The summed E-state index contributed by atoms with van der Waals surface area (Å²) in [6.45, 7) is 5.10. The standard InChI is InChI=1S/C21H24N2O4/c1-4-16-6-5-7-18(11-16)23-19(24)13-27-20(25)12-22-21(26)17-9-14(2)8-15(3)10-17/h5-11H,4,12-13H2,1-3H3,(H,22,26)(H,23,24). The first kappa shape index (κ1) is 20.2. The summed E-state index contributed by atoms with van der Waals surface area (Å²) in [4.78, 5) is 35.7. The summed E-state index contributed by atoms with van der Waals surface area (Å²) >= 11 is 0. The van der Waals surface area contributed by atoms with Gasteiger partial charge in [-0.25, -0.2) is 0 Å². The first-order chi connectivity index (χ1) is 12.9. The topological polar surface area (TPSA) is 84.5 Å². The van der Waals surface area contributed by atoms with Crippen LogP contribution in [0, 0.1) is 13.8 Å². The van der Waals surface area contributed by atoms with E-state index in [1.807, 2.05) is 45.0 Å². The van der Waals surface area contributed by atoms with Crippen molar-refractivity contribution in [1.29, 1.82) is 0 Å². The Bertz CT molecular complexity index is 826. The average molecular weight is 368 g/mol. The van der Waals surface area contributed by atoms with Crippen LogP contribution in [-0.2, 0) is 20.7 Å². The molecule has 2 rings (SSSR count). The zero-order chi connectivity index (χ0) is 19.8. The molecule has 6 nitrogen and oxygen atoms in total. The maximum atomic E-state index is 12.1. The van der Waals surface area contributed by atoms with Crippen LogP contribution in [0.4, 0.5) is 5.69 Å². The van der Waals surface area contributed by atoms with Crippen molar-refractivity contribution >= 4 is 23.5 Å². The Kier molecular flexibility index (Phi) is 7.11. The first-order valence-electron chi connectivity index (χ1n) is 8.78. The molecule has 2 aromatic rings. The molecule has 0 unspecified atom stereocenters. The fraction of sp³-hybridized carbons (Fsp3) is 0.286. The number of rotatable bonds is 7. The van der Waals surface area contributed by atoms with Gasteiger partial charge in [0.15, 0.2) is 6.61 Å². The van der Waals surface area contributed by atoms with Gasteiger partial charge in [-0.1, -0.05) is 36.2 Å². The van der Waals surface area contributed by atoms with Gasteiger partial charge in [0.25, 0.3) is 11.8 Å². The van der Waals surface area contributed by atoms with Gasteiger partial charge in [0, 0.05) is 11.3 Å². The van der Waals surface area contributed by atoms with Crippen LogP contribution in [0.25, 0.3) is 0 Å². The number of hydrogen-bond donors (Lipinski definition) is 2. The number of carbonyl (C=O) groups is 3. The van der Waals surface area contributed by atoms with Crippen molar-refractivity contribution in [3.8, 4) is 0 Å². The van der Waals surface area contributed by atoms with Gasteiger partial charge in [-0.3, -0.25) is 14.4 Å². The molecule has 2 N–H and O–H groups in total. The largest absolute Gasteiger partial charge is 0.454 e. The van der Waals surface area contributed by atoms with Crippen LogP contribution in [0.15, 0.2) is 42.5 Å². The highest BCUT2D eigenvalue weighted by Gasteiger charge is 2.11. The molecule has 0 bridgehead atoms. The normalized spacial score (nSPS) is 10.2. The van der Waals surface area contributed by atoms with Crippen molar-refractivity contribution in [2.75, 3.05) is 18.5 Å². The number of benzene rings is 2. The summed E-state index contributed by atoms with van der Waals surface area (Å²) in [6, 6.07) is 12.9. The van der Waals surface area contributed by atoms with Gasteiger partial charge in [0.2, 0.25) is 0 Å². The van der Waals surface area contributed by atoms with Crippen LogP contribution in [0.2, 0.25) is 0 Å². The van der Waals surface area contributed by atoms with E-state index in [9.17, 15) is 14.4 Å². The Morgan fingerprint density at radius 3 is 2.37 bits per heavy atom. The minimum Gasteiger partial charge on any atom is -0.454 e. The third kappa shape index (κ3) is 6.58. The van der Waals surface area contributed by atoms with Gasteiger partial charge < -0.3 is 15.4 Å². The second-order valence-corrected chi connectivity index (χ2v) is 6.32. The molecule has 0 aliphatic carbocycles. The highest BCUT2D eigenvalue weighted by molar-refractivity contribution is 5.97. The minimum atomic E-state index is -0.676. The van der Waals surface area contributed by atoms with Gasteiger partial charge in [-0.05, 0) is 50.1 Å². The summed E-state index contributed by atoms with van der Waals surface area (Å²) in [5, 5.41) is 5.17. The lowest BCUT2D eigenvalue weighted by atomic mass is 10.1. The van der Waals surface area contributed by atoms with Gasteiger partial charge in [-0.2, -0.15) is 0 Å². The zero-order valence-corrected chi connectivity index (χ0v) is 15.8. The second-order valence-electron chi connectivity index (χ2n) is 6.32. The van der Waals surface area contributed by atoms with Crippen molar-refractivity contribution in [3.05, 3.63) is 64.7 Å². The molecule has 0 saturated heterocycles. The molecule has 2 aromatic carbocycles. The Labute approximate surface area is 158 Å². The Balaban J connectivity index is 1.76. The number of aryl methyl sites for hydroxylation is 3. The monoisotopic (exact) mass is 368 g/mol. The number of hydrogen-bond acceptors (Lipinski definition) is 4. The van der Waals surface area contributed by atoms with E-state index in [0.29, 0.717) is 11.3 Å². The van der Waals surface area contributed by atoms with Crippen molar-refractivity contribution in [1.82, 2.24) is 5.32 Å². The van der Waals surface area contributed by atoms with Crippen LogP contribution in [0.5, 0.6) is 0 Å². The van der Waals surface area contributed by atoms with Crippen molar-refractivity contribution in [2.45, 2.75) is 27.2 Å². The number of carbonyl (C=O) groups excluding carboxylic acids is 3. The minimum absolute atomic E-state index is 0.301. The molecule has 0 atom stereocenters. The lowest BCUT2D eigenvalue weighted by Crippen LogP contribution is -2.32. The quantitative estimate of drug-likeness (QED) is 0.736. The lowest BCUT2D eigenvalue weighted by Gasteiger charge is -2.09. The van der Waals surface area contributed by atoms with Crippen LogP contribution >= 0.6 is 0 Å². The van der Waals surface area contributed by atoms with E-state index in [1.165, 1.54) is 0 Å². The van der Waals surface area contributed by atoms with Crippen LogP contribution in [0.1, 0.15) is 34.0 Å². The maximum absolute atomic E-state index is 12.1. The second kappa shape index (κ2) is 9.52. The Morgan fingerprint density at radius 1 is 1.00 bits per heavy atom. The Morgan fingerprint density at radius 2 is 1.70 bits per heavy atom. The zero-order valence-electron chi connectivity index (χ0n) is 15.8. The molecule has 0 aromatic heterocycles. The molecule has 0 saturated carbocycles. The molecule has 0 radical (unpaired) electrons. The molecule has 0 heterocycles. The SMILES string of the molecule is CCc1cccc(NC(=O)COC(=O)CNC(=O)c2cc(C)cc(C)c2)c1. The molecule has 0 spiro atoms. The van der Waals surface area contributed by atoms with E-state index in [4.69, 9.17) is 4.74 Å². The Hall–Kier alpha value is -3.15. The molecule has 142 valence electrons. The predicted molar refractivity (Wildman–Crippen MR) is 104 cm³/mol. The van der Waals surface area contributed by atoms with E-state index in [-0.39, 0.29) is 12.5 Å².